The van der Waals surface area contributed by atoms with E-state index in [-0.39, 0.29) is 0 Å². The van der Waals surface area contributed by atoms with Crippen molar-refractivity contribution < 1.29 is 65.3 Å². The van der Waals surface area contributed by atoms with Gasteiger partial charge in [-0.25, -0.2) is 0 Å². The molecule has 0 radical (unpaired) electrons. The molecule has 13 nitrogen and oxygen atoms in total. The molecule has 0 aliphatic carbocycles. The lowest BCUT2D eigenvalue weighted by Gasteiger charge is -2.45. The quantitative estimate of drug-likeness (QED) is 0.202. The van der Waals surface area contributed by atoms with Gasteiger partial charge < -0.3 is 65.3 Å². The molecule has 2 heterocycles. The molecular weight excluding hydrogens is 352 g/mol. The Morgan fingerprint density at radius 3 is 1.80 bits per heavy atom. The van der Waals surface area contributed by atoms with E-state index in [9.17, 15) is 40.9 Å². The van der Waals surface area contributed by atoms with E-state index in [4.69, 9.17) is 24.4 Å². The summed E-state index contributed by atoms with van der Waals surface area (Å²) >= 11 is 0. The Morgan fingerprint density at radius 2 is 1.36 bits per heavy atom. The Labute approximate surface area is 140 Å². The van der Waals surface area contributed by atoms with E-state index in [2.05, 4.69) is 0 Å². The van der Waals surface area contributed by atoms with Crippen molar-refractivity contribution in [3.05, 3.63) is 0 Å². The molecule has 148 valence electrons. The van der Waals surface area contributed by atoms with Crippen LogP contribution in [0.25, 0.3) is 0 Å². The van der Waals surface area contributed by atoms with Gasteiger partial charge in [-0.1, -0.05) is 0 Å². The number of hydrogen-bond acceptors (Lipinski definition) is 13. The molecule has 10 N–H and O–H groups in total. The highest BCUT2D eigenvalue weighted by Crippen LogP contribution is 2.41. The zero-order valence-corrected chi connectivity index (χ0v) is 12.7. The van der Waals surface area contributed by atoms with Gasteiger partial charge in [-0.15, -0.1) is 0 Å². The van der Waals surface area contributed by atoms with Crippen LogP contribution in [0.2, 0.25) is 0 Å². The van der Waals surface area contributed by atoms with Gasteiger partial charge >= 0.3 is 5.97 Å². The summed E-state index contributed by atoms with van der Waals surface area (Å²) in [5.74, 6) is -7.16. The van der Waals surface area contributed by atoms with Crippen LogP contribution in [-0.2, 0) is 14.2 Å². The molecule has 13 heteroatoms. The summed E-state index contributed by atoms with van der Waals surface area (Å²) in [4.78, 5) is 0. The first-order chi connectivity index (χ1) is 11.5. The topological polar surface area (TPSA) is 230 Å². The summed E-state index contributed by atoms with van der Waals surface area (Å²) in [7, 11) is 0. The fraction of sp³-hybridized carbons (Fsp3) is 1.00. The van der Waals surface area contributed by atoms with Gasteiger partial charge in [0.25, 0.3) is 5.79 Å². The van der Waals surface area contributed by atoms with Crippen LogP contribution < -0.4 is 0 Å². The van der Waals surface area contributed by atoms with E-state index in [1.54, 1.807) is 0 Å². The molecule has 2 rings (SSSR count). The van der Waals surface area contributed by atoms with Crippen molar-refractivity contribution in [1.29, 1.82) is 0 Å². The van der Waals surface area contributed by atoms with Crippen LogP contribution in [0.4, 0.5) is 0 Å². The van der Waals surface area contributed by atoms with Crippen LogP contribution in [-0.4, -0.2) is 125 Å². The molecule has 0 saturated carbocycles. The minimum Gasteiger partial charge on any atom is -0.394 e. The number of rotatable bonds is 5. The van der Waals surface area contributed by atoms with Gasteiger partial charge in [0.05, 0.1) is 13.2 Å². The maximum absolute atomic E-state index is 10.0. The molecule has 2 saturated heterocycles. The highest BCUT2D eigenvalue weighted by Gasteiger charge is 2.68. The van der Waals surface area contributed by atoms with E-state index >= 15 is 0 Å². The summed E-state index contributed by atoms with van der Waals surface area (Å²) in [5.41, 5.74) is 0. The van der Waals surface area contributed by atoms with Crippen molar-refractivity contribution in [2.45, 2.75) is 60.8 Å². The van der Waals surface area contributed by atoms with Crippen molar-refractivity contribution in [3.63, 3.8) is 0 Å². The molecule has 2 fully saturated rings. The number of aliphatic hydroxyl groups excluding tert-OH is 7. The number of aliphatic hydroxyl groups is 10. The third-order valence-electron chi connectivity index (χ3n) is 4.21. The fourth-order valence-electron chi connectivity index (χ4n) is 2.73. The van der Waals surface area contributed by atoms with Crippen LogP contribution in [0, 0.1) is 0 Å². The van der Waals surface area contributed by atoms with Crippen molar-refractivity contribution in [1.82, 2.24) is 0 Å². The van der Waals surface area contributed by atoms with Crippen LogP contribution >= 0.6 is 0 Å². The zero-order chi connectivity index (χ0) is 19.2. The van der Waals surface area contributed by atoms with Crippen molar-refractivity contribution in [2.24, 2.45) is 0 Å². The zero-order valence-electron chi connectivity index (χ0n) is 12.7. The first kappa shape index (κ1) is 20.8. The van der Waals surface area contributed by atoms with Crippen molar-refractivity contribution >= 4 is 0 Å². The molecule has 2 aliphatic heterocycles. The van der Waals surface area contributed by atoms with Gasteiger partial charge in [-0.05, 0) is 0 Å². The third kappa shape index (κ3) is 3.40. The van der Waals surface area contributed by atoms with Gasteiger partial charge in [0, 0.05) is 0 Å². The Kier molecular flexibility index (Phi) is 6.02. The van der Waals surface area contributed by atoms with Crippen LogP contribution in [0.3, 0.4) is 0 Å². The standard InChI is InChI=1S/C12H22O13/c13-1-3-5(15)7(17)8(18)10(23-3)25-11(12(20,21)22)9(19)6(16)4(2-14)24-11/h3-10,13-22H,1-2H2/t3-,4-,5-,6-,7+,8-,9+,10-,11-/m1/s1. The Balaban J connectivity index is 2.32. The van der Waals surface area contributed by atoms with E-state index in [0.29, 0.717) is 0 Å². The molecule has 0 unspecified atom stereocenters. The second-order valence-electron chi connectivity index (χ2n) is 5.89. The lowest BCUT2D eigenvalue weighted by Crippen LogP contribution is -2.68. The SMILES string of the molecule is OC[C@H]1O[C@](O[C@H]2O[C@H](CO)[C@@H](O)[C@H](O)[C@H]2O)(C(O)(O)O)[C@@H](O)[C@@H]1O. The monoisotopic (exact) mass is 374 g/mol. The van der Waals surface area contributed by atoms with Crippen LogP contribution in [0.15, 0.2) is 0 Å². The molecule has 0 aromatic carbocycles. The molecule has 9 atom stereocenters. The van der Waals surface area contributed by atoms with Crippen molar-refractivity contribution in [2.75, 3.05) is 13.2 Å². The summed E-state index contributed by atoms with van der Waals surface area (Å²) in [6.07, 6.45) is -15.0. The lowest BCUT2D eigenvalue weighted by molar-refractivity contribution is -0.499. The molecule has 0 aromatic heterocycles. The molecule has 0 aromatic rings. The number of hydrogen-bond donors (Lipinski definition) is 10. The molecule has 0 amide bonds. The van der Waals surface area contributed by atoms with Crippen molar-refractivity contribution in [3.8, 4) is 0 Å². The highest BCUT2D eigenvalue weighted by atomic mass is 16.9. The molecule has 0 bridgehead atoms. The second-order valence-corrected chi connectivity index (χ2v) is 5.89. The Bertz CT molecular complexity index is 453. The molecule has 2 aliphatic rings. The smallest absolute Gasteiger partial charge is 0.336 e. The summed E-state index contributed by atoms with van der Waals surface area (Å²) in [6, 6.07) is 0. The van der Waals surface area contributed by atoms with Gasteiger partial charge in [0.1, 0.15) is 42.7 Å². The molecule has 0 spiro atoms. The second kappa shape index (κ2) is 7.24. The van der Waals surface area contributed by atoms with Gasteiger partial charge in [0.15, 0.2) is 6.29 Å². The van der Waals surface area contributed by atoms with E-state index in [1.165, 1.54) is 0 Å². The van der Waals surface area contributed by atoms with Gasteiger partial charge in [-0.2, -0.15) is 0 Å². The first-order valence-corrected chi connectivity index (χ1v) is 7.30. The van der Waals surface area contributed by atoms with Gasteiger partial charge in [0.2, 0.25) is 0 Å². The average molecular weight is 374 g/mol. The van der Waals surface area contributed by atoms with E-state index in [1.807, 2.05) is 0 Å². The Hall–Kier alpha value is -0.520. The average Bonchev–Trinajstić information content (AvgIpc) is 2.80. The van der Waals surface area contributed by atoms with E-state index < -0.39 is 74.0 Å². The molecule has 25 heavy (non-hydrogen) atoms. The van der Waals surface area contributed by atoms with Crippen LogP contribution in [0.5, 0.6) is 0 Å². The maximum Gasteiger partial charge on any atom is 0.336 e. The lowest BCUT2D eigenvalue weighted by atomic mass is 9.98. The maximum atomic E-state index is 10.0. The summed E-state index contributed by atoms with van der Waals surface area (Å²) in [5, 5.41) is 95.9. The predicted octanol–water partition coefficient (Wildman–Crippen LogP) is -6.76. The predicted molar refractivity (Wildman–Crippen MR) is 70.9 cm³/mol. The fourth-order valence-corrected chi connectivity index (χ4v) is 2.73. The summed E-state index contributed by atoms with van der Waals surface area (Å²) in [6.45, 7) is -1.74. The van der Waals surface area contributed by atoms with Gasteiger partial charge in [-0.3, -0.25) is 0 Å². The first-order valence-electron chi connectivity index (χ1n) is 7.30. The third-order valence-corrected chi connectivity index (χ3v) is 4.21. The minimum absolute atomic E-state index is 0.828. The van der Waals surface area contributed by atoms with E-state index in [0.717, 1.165) is 0 Å². The normalized spacial score (nSPS) is 48.7. The van der Waals surface area contributed by atoms with Crippen LogP contribution in [0.1, 0.15) is 0 Å². The Morgan fingerprint density at radius 1 is 0.800 bits per heavy atom. The highest BCUT2D eigenvalue weighted by molar-refractivity contribution is 5.01. The number of ether oxygens (including phenoxy) is 3. The molecular formula is C12H22O13. The minimum atomic E-state index is -3.95. The largest absolute Gasteiger partial charge is 0.394 e. The summed E-state index contributed by atoms with van der Waals surface area (Å²) < 4.78 is 14.7.